The maximum Gasteiger partial charge on any atom is 0.258 e. The molecule has 0 spiro atoms. The number of rotatable bonds is 8. The number of nitrogens with two attached hydrogens (primary N) is 1. The zero-order valence-electron chi connectivity index (χ0n) is 11.2. The maximum absolute atomic E-state index is 11.7. The van der Waals surface area contributed by atoms with E-state index in [1.165, 1.54) is 0 Å². The van der Waals surface area contributed by atoms with Crippen molar-refractivity contribution in [1.82, 2.24) is 5.32 Å². The number of hydrogen-bond acceptors (Lipinski definition) is 3. The van der Waals surface area contributed by atoms with Crippen LogP contribution in [0.3, 0.4) is 0 Å². The highest BCUT2D eigenvalue weighted by Gasteiger charge is 2.11. The first-order valence-electron chi connectivity index (χ1n) is 6.54. The third-order valence-electron chi connectivity index (χ3n) is 2.75. The summed E-state index contributed by atoms with van der Waals surface area (Å²) in [5.74, 6) is 0.337. The summed E-state index contributed by atoms with van der Waals surface area (Å²) in [6.45, 7) is 2.50. The highest BCUT2D eigenvalue weighted by atomic mass is 35.5. The molecule has 0 aromatic heterocycles. The van der Waals surface area contributed by atoms with Gasteiger partial charge in [-0.1, -0.05) is 43.5 Å². The summed E-state index contributed by atoms with van der Waals surface area (Å²) >= 11 is 5.93. The summed E-state index contributed by atoms with van der Waals surface area (Å²) in [4.78, 5) is 11.7. The molecule has 0 saturated heterocycles. The Hall–Kier alpha value is -1.26. The monoisotopic (exact) mass is 284 g/mol. The van der Waals surface area contributed by atoms with Crippen molar-refractivity contribution in [3.05, 3.63) is 29.3 Å². The molecule has 0 radical (unpaired) electrons. The molecule has 0 aliphatic heterocycles. The van der Waals surface area contributed by atoms with Crippen molar-refractivity contribution in [2.24, 2.45) is 5.73 Å². The molecular formula is C14H21ClN2O2. The number of halogens is 1. The van der Waals surface area contributed by atoms with Gasteiger partial charge in [-0.2, -0.15) is 0 Å². The number of hydrogen-bond donors (Lipinski definition) is 2. The van der Waals surface area contributed by atoms with Gasteiger partial charge in [-0.25, -0.2) is 0 Å². The van der Waals surface area contributed by atoms with Crippen molar-refractivity contribution in [2.75, 3.05) is 13.2 Å². The van der Waals surface area contributed by atoms with Crippen LogP contribution in [0.4, 0.5) is 0 Å². The van der Waals surface area contributed by atoms with E-state index in [4.69, 9.17) is 22.1 Å². The van der Waals surface area contributed by atoms with Crippen LogP contribution in [0, 0.1) is 0 Å². The topological polar surface area (TPSA) is 64.3 Å². The Morgan fingerprint density at radius 2 is 2.21 bits per heavy atom. The van der Waals surface area contributed by atoms with Gasteiger partial charge in [-0.3, -0.25) is 4.79 Å². The average molecular weight is 285 g/mol. The molecule has 3 N–H and O–H groups in total. The molecule has 1 rings (SSSR count). The lowest BCUT2D eigenvalue weighted by Gasteiger charge is -2.16. The highest BCUT2D eigenvalue weighted by molar-refractivity contribution is 6.32. The van der Waals surface area contributed by atoms with Gasteiger partial charge in [0.2, 0.25) is 0 Å². The summed E-state index contributed by atoms with van der Waals surface area (Å²) in [6.07, 6.45) is 3.03. The lowest BCUT2D eigenvalue weighted by atomic mass is 10.1. The Labute approximate surface area is 119 Å². The minimum absolute atomic E-state index is 0.0160. The zero-order chi connectivity index (χ0) is 14.1. The van der Waals surface area contributed by atoms with Gasteiger partial charge in [0.1, 0.15) is 5.75 Å². The second kappa shape index (κ2) is 8.77. The standard InChI is InChI=1S/C14H21ClN2O2/c1-2-3-6-11(9-16)17-14(18)10-19-13-8-5-4-7-12(13)15/h4-5,7-8,11H,2-3,6,9-10,16H2,1H3,(H,17,18). The molecular weight excluding hydrogens is 264 g/mol. The quantitative estimate of drug-likeness (QED) is 0.770. The van der Waals surface area contributed by atoms with Crippen molar-refractivity contribution >= 4 is 17.5 Å². The Balaban J connectivity index is 2.36. The molecule has 5 heteroatoms. The summed E-state index contributed by atoms with van der Waals surface area (Å²) in [6, 6.07) is 7.08. The molecule has 0 aliphatic rings. The minimum atomic E-state index is -0.175. The summed E-state index contributed by atoms with van der Waals surface area (Å²) in [5, 5.41) is 3.36. The summed E-state index contributed by atoms with van der Waals surface area (Å²) in [5.41, 5.74) is 5.62. The smallest absolute Gasteiger partial charge is 0.258 e. The van der Waals surface area contributed by atoms with Gasteiger partial charge >= 0.3 is 0 Å². The van der Waals surface area contributed by atoms with E-state index in [-0.39, 0.29) is 18.6 Å². The molecule has 1 amide bonds. The predicted octanol–water partition coefficient (Wildman–Crippen LogP) is 2.35. The number of amides is 1. The SMILES string of the molecule is CCCCC(CN)NC(=O)COc1ccccc1Cl. The zero-order valence-corrected chi connectivity index (χ0v) is 12.0. The van der Waals surface area contributed by atoms with Gasteiger partial charge < -0.3 is 15.8 Å². The molecule has 0 heterocycles. The molecule has 1 unspecified atom stereocenters. The molecule has 1 atom stereocenters. The van der Waals surface area contributed by atoms with Crippen LogP contribution in [0.5, 0.6) is 5.75 Å². The van der Waals surface area contributed by atoms with Crippen LogP contribution < -0.4 is 15.8 Å². The van der Waals surface area contributed by atoms with Gasteiger partial charge in [0.05, 0.1) is 5.02 Å². The van der Waals surface area contributed by atoms with E-state index in [0.29, 0.717) is 17.3 Å². The van der Waals surface area contributed by atoms with Crippen LogP contribution in [0.25, 0.3) is 0 Å². The van der Waals surface area contributed by atoms with Crippen LogP contribution in [-0.2, 0) is 4.79 Å². The molecule has 0 aliphatic carbocycles. The third-order valence-corrected chi connectivity index (χ3v) is 3.06. The van der Waals surface area contributed by atoms with Crippen LogP contribution in [0.2, 0.25) is 5.02 Å². The van der Waals surface area contributed by atoms with Gasteiger partial charge in [-0.15, -0.1) is 0 Å². The Kier molecular flexibility index (Phi) is 7.30. The third kappa shape index (κ3) is 5.94. The van der Waals surface area contributed by atoms with Crippen LogP contribution >= 0.6 is 11.6 Å². The Bertz CT molecular complexity index is 399. The molecule has 1 aromatic carbocycles. The molecule has 4 nitrogen and oxygen atoms in total. The van der Waals surface area contributed by atoms with Crippen molar-refractivity contribution in [3.63, 3.8) is 0 Å². The molecule has 0 bridgehead atoms. The Morgan fingerprint density at radius 1 is 1.47 bits per heavy atom. The lowest BCUT2D eigenvalue weighted by molar-refractivity contribution is -0.123. The van der Waals surface area contributed by atoms with E-state index in [9.17, 15) is 4.79 Å². The Morgan fingerprint density at radius 3 is 2.84 bits per heavy atom. The van der Waals surface area contributed by atoms with Gasteiger partial charge in [0, 0.05) is 12.6 Å². The fourth-order valence-corrected chi connectivity index (χ4v) is 1.86. The van der Waals surface area contributed by atoms with E-state index in [0.717, 1.165) is 19.3 Å². The summed E-state index contributed by atoms with van der Waals surface area (Å²) < 4.78 is 5.36. The highest BCUT2D eigenvalue weighted by Crippen LogP contribution is 2.22. The second-order valence-electron chi connectivity index (χ2n) is 4.36. The molecule has 0 saturated carbocycles. The van der Waals surface area contributed by atoms with Crippen LogP contribution in [0.15, 0.2) is 24.3 Å². The van der Waals surface area contributed by atoms with E-state index in [2.05, 4.69) is 12.2 Å². The van der Waals surface area contributed by atoms with Gasteiger partial charge in [-0.05, 0) is 18.6 Å². The number of nitrogens with one attached hydrogen (secondary N) is 1. The van der Waals surface area contributed by atoms with Crippen LogP contribution in [0.1, 0.15) is 26.2 Å². The molecule has 0 fully saturated rings. The van der Waals surface area contributed by atoms with Crippen molar-refractivity contribution in [1.29, 1.82) is 0 Å². The fraction of sp³-hybridized carbons (Fsp3) is 0.500. The molecule has 19 heavy (non-hydrogen) atoms. The normalized spacial score (nSPS) is 11.9. The summed E-state index contributed by atoms with van der Waals surface area (Å²) in [7, 11) is 0. The first-order chi connectivity index (χ1) is 9.17. The number of para-hydroxylation sites is 1. The lowest BCUT2D eigenvalue weighted by Crippen LogP contribution is -2.42. The second-order valence-corrected chi connectivity index (χ2v) is 4.77. The largest absolute Gasteiger partial charge is 0.482 e. The number of ether oxygens (including phenoxy) is 1. The first kappa shape index (κ1) is 15.8. The number of benzene rings is 1. The fourth-order valence-electron chi connectivity index (χ4n) is 1.67. The number of carbonyl (C=O) groups is 1. The van der Waals surface area contributed by atoms with E-state index in [1.807, 2.05) is 12.1 Å². The minimum Gasteiger partial charge on any atom is -0.482 e. The van der Waals surface area contributed by atoms with E-state index in [1.54, 1.807) is 12.1 Å². The molecule has 1 aromatic rings. The maximum atomic E-state index is 11.7. The van der Waals surface area contributed by atoms with Crippen molar-refractivity contribution in [2.45, 2.75) is 32.2 Å². The van der Waals surface area contributed by atoms with E-state index >= 15 is 0 Å². The molecule has 106 valence electrons. The van der Waals surface area contributed by atoms with Gasteiger partial charge in [0.25, 0.3) is 5.91 Å². The van der Waals surface area contributed by atoms with Crippen LogP contribution in [-0.4, -0.2) is 25.1 Å². The van der Waals surface area contributed by atoms with Crippen molar-refractivity contribution in [3.8, 4) is 5.75 Å². The first-order valence-corrected chi connectivity index (χ1v) is 6.92. The van der Waals surface area contributed by atoms with E-state index < -0.39 is 0 Å². The average Bonchev–Trinajstić information content (AvgIpc) is 2.42. The number of unbranched alkanes of at least 4 members (excludes halogenated alkanes) is 1. The van der Waals surface area contributed by atoms with Crippen molar-refractivity contribution < 1.29 is 9.53 Å². The number of carbonyl (C=O) groups excluding carboxylic acids is 1. The van der Waals surface area contributed by atoms with Gasteiger partial charge in [0.15, 0.2) is 6.61 Å². The predicted molar refractivity (Wildman–Crippen MR) is 77.5 cm³/mol.